The average molecular weight is 333 g/mol. The Bertz CT molecular complexity index is 623. The number of nitrogens with two attached hydrogens (primary N) is 1. The van der Waals surface area contributed by atoms with E-state index in [1.54, 1.807) is 18.2 Å². The molecular formula is C16H17BrN2O. The Morgan fingerprint density at radius 3 is 2.45 bits per heavy atom. The fourth-order valence-electron chi connectivity index (χ4n) is 1.89. The van der Waals surface area contributed by atoms with E-state index in [1.807, 2.05) is 38.1 Å². The van der Waals surface area contributed by atoms with E-state index in [0.717, 1.165) is 10.0 Å². The summed E-state index contributed by atoms with van der Waals surface area (Å²) < 4.78 is 0.730. The van der Waals surface area contributed by atoms with Crippen molar-refractivity contribution in [2.24, 2.45) is 0 Å². The van der Waals surface area contributed by atoms with Crippen LogP contribution >= 0.6 is 15.9 Å². The molecule has 0 bridgehead atoms. The van der Waals surface area contributed by atoms with Crippen molar-refractivity contribution in [3.63, 3.8) is 0 Å². The van der Waals surface area contributed by atoms with E-state index < -0.39 is 0 Å². The van der Waals surface area contributed by atoms with Crippen LogP contribution in [0, 0.1) is 6.92 Å². The van der Waals surface area contributed by atoms with Crippen LogP contribution in [-0.2, 0) is 0 Å². The Balaban J connectivity index is 2.10. The lowest BCUT2D eigenvalue weighted by Crippen LogP contribution is -2.26. The molecule has 0 saturated carbocycles. The van der Waals surface area contributed by atoms with Crippen LogP contribution in [0.2, 0.25) is 0 Å². The summed E-state index contributed by atoms with van der Waals surface area (Å²) in [6.07, 6.45) is 0. The van der Waals surface area contributed by atoms with E-state index >= 15 is 0 Å². The van der Waals surface area contributed by atoms with Crippen molar-refractivity contribution in [3.05, 3.63) is 63.6 Å². The zero-order valence-electron chi connectivity index (χ0n) is 11.5. The molecule has 0 spiro atoms. The fourth-order valence-corrected chi connectivity index (χ4v) is 2.27. The largest absolute Gasteiger partial charge is 0.398 e. The first-order valence-corrected chi connectivity index (χ1v) is 7.19. The second-order valence-corrected chi connectivity index (χ2v) is 5.70. The normalized spacial score (nSPS) is 11.9. The van der Waals surface area contributed by atoms with Gasteiger partial charge in [0.15, 0.2) is 0 Å². The summed E-state index contributed by atoms with van der Waals surface area (Å²) in [5, 5.41) is 2.98. The molecule has 3 N–H and O–H groups in total. The number of amides is 1. The van der Waals surface area contributed by atoms with Gasteiger partial charge in [0.2, 0.25) is 0 Å². The molecular weight excluding hydrogens is 316 g/mol. The van der Waals surface area contributed by atoms with E-state index in [1.165, 1.54) is 5.56 Å². The van der Waals surface area contributed by atoms with E-state index in [9.17, 15) is 4.79 Å². The number of anilines is 1. The van der Waals surface area contributed by atoms with Gasteiger partial charge in [-0.1, -0.05) is 29.8 Å². The quantitative estimate of drug-likeness (QED) is 0.839. The lowest BCUT2D eigenvalue weighted by Gasteiger charge is -2.15. The molecule has 1 amide bonds. The van der Waals surface area contributed by atoms with Crippen molar-refractivity contribution in [3.8, 4) is 0 Å². The van der Waals surface area contributed by atoms with Gasteiger partial charge in [0.25, 0.3) is 5.91 Å². The molecule has 4 heteroatoms. The third kappa shape index (κ3) is 3.39. The topological polar surface area (TPSA) is 55.1 Å². The van der Waals surface area contributed by atoms with Gasteiger partial charge in [-0.15, -0.1) is 0 Å². The van der Waals surface area contributed by atoms with Crippen molar-refractivity contribution in [2.45, 2.75) is 19.9 Å². The lowest BCUT2D eigenvalue weighted by atomic mass is 10.1. The minimum absolute atomic E-state index is 0.0422. The van der Waals surface area contributed by atoms with Crippen molar-refractivity contribution >= 4 is 27.5 Å². The summed E-state index contributed by atoms with van der Waals surface area (Å²) in [5.74, 6) is -0.112. The summed E-state index contributed by atoms with van der Waals surface area (Å²) >= 11 is 3.33. The number of halogens is 1. The summed E-state index contributed by atoms with van der Waals surface area (Å²) in [6, 6.07) is 13.3. The van der Waals surface area contributed by atoms with E-state index in [-0.39, 0.29) is 11.9 Å². The maximum atomic E-state index is 12.2. The minimum Gasteiger partial charge on any atom is -0.398 e. The SMILES string of the molecule is Cc1ccc(C(C)NC(=O)c2ccc(N)c(Br)c2)cc1. The summed E-state index contributed by atoms with van der Waals surface area (Å²) in [5.41, 5.74) is 9.21. The molecule has 0 aliphatic rings. The van der Waals surface area contributed by atoms with Crippen LogP contribution in [0.4, 0.5) is 5.69 Å². The van der Waals surface area contributed by atoms with E-state index in [0.29, 0.717) is 11.3 Å². The molecule has 1 unspecified atom stereocenters. The monoisotopic (exact) mass is 332 g/mol. The third-order valence-electron chi connectivity index (χ3n) is 3.19. The molecule has 3 nitrogen and oxygen atoms in total. The Hall–Kier alpha value is -1.81. The van der Waals surface area contributed by atoms with Crippen LogP contribution in [0.3, 0.4) is 0 Å². The lowest BCUT2D eigenvalue weighted by molar-refractivity contribution is 0.0940. The first-order valence-electron chi connectivity index (χ1n) is 6.40. The average Bonchev–Trinajstić information content (AvgIpc) is 2.42. The summed E-state index contributed by atoms with van der Waals surface area (Å²) in [7, 11) is 0. The summed E-state index contributed by atoms with van der Waals surface area (Å²) in [4.78, 5) is 12.2. The molecule has 0 radical (unpaired) electrons. The molecule has 0 heterocycles. The molecule has 2 aromatic rings. The number of benzene rings is 2. The number of nitrogens with one attached hydrogen (secondary N) is 1. The van der Waals surface area contributed by atoms with Crippen molar-refractivity contribution in [2.75, 3.05) is 5.73 Å². The molecule has 0 saturated heterocycles. The molecule has 1 atom stereocenters. The number of hydrogen-bond acceptors (Lipinski definition) is 2. The van der Waals surface area contributed by atoms with Gasteiger partial charge in [-0.05, 0) is 53.5 Å². The summed E-state index contributed by atoms with van der Waals surface area (Å²) in [6.45, 7) is 4.01. The highest BCUT2D eigenvalue weighted by Crippen LogP contribution is 2.21. The highest BCUT2D eigenvalue weighted by molar-refractivity contribution is 9.10. The molecule has 2 rings (SSSR count). The van der Waals surface area contributed by atoms with Gasteiger partial charge in [-0.25, -0.2) is 0 Å². The van der Waals surface area contributed by atoms with Gasteiger partial charge in [0, 0.05) is 15.7 Å². The van der Waals surface area contributed by atoms with Crippen molar-refractivity contribution < 1.29 is 4.79 Å². The Morgan fingerprint density at radius 1 is 1.20 bits per heavy atom. The highest BCUT2D eigenvalue weighted by atomic mass is 79.9. The van der Waals surface area contributed by atoms with Crippen LogP contribution in [0.5, 0.6) is 0 Å². The van der Waals surface area contributed by atoms with Crippen molar-refractivity contribution in [1.29, 1.82) is 0 Å². The number of hydrogen-bond donors (Lipinski definition) is 2. The second-order valence-electron chi connectivity index (χ2n) is 4.84. The van der Waals surface area contributed by atoms with Crippen molar-refractivity contribution in [1.82, 2.24) is 5.32 Å². The molecule has 2 aromatic carbocycles. The fraction of sp³-hybridized carbons (Fsp3) is 0.188. The molecule has 0 aromatic heterocycles. The Morgan fingerprint density at radius 2 is 1.85 bits per heavy atom. The molecule has 104 valence electrons. The van der Waals surface area contributed by atoms with E-state index in [2.05, 4.69) is 21.2 Å². The van der Waals surface area contributed by atoms with Crippen LogP contribution in [-0.4, -0.2) is 5.91 Å². The zero-order valence-corrected chi connectivity index (χ0v) is 13.1. The van der Waals surface area contributed by atoms with Crippen LogP contribution in [0.15, 0.2) is 46.9 Å². The third-order valence-corrected chi connectivity index (χ3v) is 3.87. The first-order chi connectivity index (χ1) is 9.47. The van der Waals surface area contributed by atoms with Gasteiger partial charge >= 0.3 is 0 Å². The maximum Gasteiger partial charge on any atom is 0.251 e. The molecule has 0 fully saturated rings. The van der Waals surface area contributed by atoms with Gasteiger partial charge in [-0.2, -0.15) is 0 Å². The molecule has 0 aliphatic heterocycles. The maximum absolute atomic E-state index is 12.2. The van der Waals surface area contributed by atoms with Gasteiger partial charge < -0.3 is 11.1 Å². The van der Waals surface area contributed by atoms with E-state index in [4.69, 9.17) is 5.73 Å². The number of carbonyl (C=O) groups excluding carboxylic acids is 1. The van der Waals surface area contributed by atoms with Gasteiger partial charge in [0.1, 0.15) is 0 Å². The second kappa shape index (κ2) is 6.09. The highest BCUT2D eigenvalue weighted by Gasteiger charge is 2.12. The number of carbonyl (C=O) groups is 1. The number of nitrogen functional groups attached to an aromatic ring is 1. The smallest absolute Gasteiger partial charge is 0.251 e. The Labute approximate surface area is 127 Å². The first kappa shape index (κ1) is 14.6. The predicted octanol–water partition coefficient (Wildman–Crippen LogP) is 3.83. The zero-order chi connectivity index (χ0) is 14.7. The number of aryl methyl sites for hydroxylation is 1. The molecule has 20 heavy (non-hydrogen) atoms. The number of rotatable bonds is 3. The van der Waals surface area contributed by atoms with Crippen LogP contribution in [0.25, 0.3) is 0 Å². The van der Waals surface area contributed by atoms with Crippen LogP contribution < -0.4 is 11.1 Å². The van der Waals surface area contributed by atoms with Gasteiger partial charge in [0.05, 0.1) is 6.04 Å². The standard InChI is InChI=1S/C16H17BrN2O/c1-10-3-5-12(6-4-10)11(2)19-16(20)13-7-8-15(18)14(17)9-13/h3-9,11H,18H2,1-2H3,(H,19,20). The van der Waals surface area contributed by atoms with Crippen LogP contribution in [0.1, 0.15) is 34.5 Å². The molecule has 0 aliphatic carbocycles. The minimum atomic E-state index is -0.112. The predicted molar refractivity (Wildman–Crippen MR) is 85.6 cm³/mol. The van der Waals surface area contributed by atoms with Gasteiger partial charge in [-0.3, -0.25) is 4.79 Å². The Kier molecular flexibility index (Phi) is 4.45.